The second-order valence-electron chi connectivity index (χ2n) is 9.86. The minimum absolute atomic E-state index is 0.178. The molecule has 1 aromatic heterocycles. The number of hydrogen-bond acceptors (Lipinski definition) is 4. The van der Waals surface area contributed by atoms with Gasteiger partial charge >= 0.3 is 0 Å². The molecule has 0 aliphatic heterocycles. The minimum atomic E-state index is -0.675. The first-order valence-electron chi connectivity index (χ1n) is 11.8. The summed E-state index contributed by atoms with van der Waals surface area (Å²) in [6.07, 6.45) is 4.21. The molecule has 2 saturated carbocycles. The highest BCUT2D eigenvalue weighted by molar-refractivity contribution is 6.43. The lowest BCUT2D eigenvalue weighted by atomic mass is 9.76. The maximum Gasteiger partial charge on any atom is 0.294 e. The van der Waals surface area contributed by atoms with Gasteiger partial charge in [-0.05, 0) is 94.5 Å². The largest absolute Gasteiger partial charge is 0.393 e. The van der Waals surface area contributed by atoms with Gasteiger partial charge in [0.2, 0.25) is 0 Å². The van der Waals surface area contributed by atoms with E-state index in [4.69, 9.17) is 0 Å². The van der Waals surface area contributed by atoms with Crippen LogP contribution in [-0.4, -0.2) is 38.9 Å². The molecule has 0 atom stereocenters. The number of anilines is 1. The number of Topliss-reactive ketones (excluding diaryl/α,β-unsaturated/α-hetero) is 1. The van der Waals surface area contributed by atoms with Gasteiger partial charge in [-0.1, -0.05) is 0 Å². The summed E-state index contributed by atoms with van der Waals surface area (Å²) in [6, 6.07) is 4.31. The fourth-order valence-electron chi connectivity index (χ4n) is 5.33. The molecule has 8 heteroatoms. The number of carbonyl (C=O) groups excluding carboxylic acids is 3. The van der Waals surface area contributed by atoms with Crippen LogP contribution in [0, 0.1) is 32.5 Å². The molecule has 1 heterocycles. The number of aryl methyl sites for hydroxylation is 1. The highest BCUT2D eigenvalue weighted by Crippen LogP contribution is 2.47. The van der Waals surface area contributed by atoms with E-state index in [1.54, 1.807) is 38.5 Å². The van der Waals surface area contributed by atoms with Gasteiger partial charge in [0.1, 0.15) is 5.82 Å². The Bertz CT molecular complexity index is 1160. The van der Waals surface area contributed by atoms with Crippen LogP contribution in [0.5, 0.6) is 0 Å². The van der Waals surface area contributed by atoms with E-state index in [0.717, 1.165) is 12.8 Å². The third kappa shape index (κ3) is 4.39. The zero-order valence-corrected chi connectivity index (χ0v) is 20.1. The Hall–Kier alpha value is -3.00. The number of amides is 2. The smallest absolute Gasteiger partial charge is 0.294 e. The molecule has 0 spiro atoms. The zero-order chi connectivity index (χ0) is 24.8. The molecule has 182 valence electrons. The van der Waals surface area contributed by atoms with E-state index in [-0.39, 0.29) is 17.6 Å². The van der Waals surface area contributed by atoms with Crippen molar-refractivity contribution in [3.05, 3.63) is 52.1 Å². The van der Waals surface area contributed by atoms with E-state index < -0.39 is 23.1 Å². The number of rotatable bonds is 6. The van der Waals surface area contributed by atoms with Crippen LogP contribution in [0.25, 0.3) is 0 Å². The third-order valence-electron chi connectivity index (χ3n) is 7.56. The Morgan fingerprint density at radius 3 is 2.32 bits per heavy atom. The molecule has 0 bridgehead atoms. The molecular formula is C26H32FN3O4. The van der Waals surface area contributed by atoms with Crippen LogP contribution in [0.2, 0.25) is 0 Å². The van der Waals surface area contributed by atoms with Crippen molar-refractivity contribution in [1.82, 2.24) is 9.88 Å². The quantitative estimate of drug-likeness (QED) is 0.443. The van der Waals surface area contributed by atoms with Crippen molar-refractivity contribution >= 4 is 23.3 Å². The molecule has 0 saturated heterocycles. The summed E-state index contributed by atoms with van der Waals surface area (Å²) in [5, 5.41) is 15.7. The van der Waals surface area contributed by atoms with Gasteiger partial charge in [-0.15, -0.1) is 0 Å². The van der Waals surface area contributed by atoms with Crippen molar-refractivity contribution in [3.8, 4) is 0 Å². The highest BCUT2D eigenvalue weighted by Gasteiger charge is 2.48. The van der Waals surface area contributed by atoms with Gasteiger partial charge < -0.3 is 20.3 Å². The summed E-state index contributed by atoms with van der Waals surface area (Å²) >= 11 is 0. The first kappa shape index (κ1) is 24.1. The molecule has 34 heavy (non-hydrogen) atoms. The number of aliphatic hydroxyl groups is 1. The second kappa shape index (κ2) is 8.98. The molecule has 4 rings (SSSR count). The van der Waals surface area contributed by atoms with E-state index in [0.29, 0.717) is 59.7 Å². The maximum absolute atomic E-state index is 13.6. The van der Waals surface area contributed by atoms with Gasteiger partial charge in [-0.2, -0.15) is 0 Å². The Morgan fingerprint density at radius 1 is 1.09 bits per heavy atom. The fourth-order valence-corrected chi connectivity index (χ4v) is 5.33. The van der Waals surface area contributed by atoms with E-state index in [1.807, 2.05) is 0 Å². The number of aliphatic hydroxyl groups excluding tert-OH is 1. The van der Waals surface area contributed by atoms with Gasteiger partial charge in [0.15, 0.2) is 0 Å². The summed E-state index contributed by atoms with van der Waals surface area (Å²) in [6.45, 7) is 4.99. The highest BCUT2D eigenvalue weighted by atomic mass is 19.1. The summed E-state index contributed by atoms with van der Waals surface area (Å²) in [7, 11) is 1.66. The number of halogens is 1. The molecule has 2 fully saturated rings. The summed E-state index contributed by atoms with van der Waals surface area (Å²) < 4.78 is 15.2. The lowest BCUT2D eigenvalue weighted by Gasteiger charge is -2.40. The first-order valence-corrected chi connectivity index (χ1v) is 11.8. The van der Waals surface area contributed by atoms with E-state index in [2.05, 4.69) is 10.6 Å². The van der Waals surface area contributed by atoms with Gasteiger partial charge in [0.05, 0.1) is 17.4 Å². The number of benzene rings is 1. The van der Waals surface area contributed by atoms with E-state index in [1.165, 1.54) is 12.1 Å². The van der Waals surface area contributed by atoms with Gasteiger partial charge in [-0.3, -0.25) is 14.4 Å². The summed E-state index contributed by atoms with van der Waals surface area (Å²) in [5.74, 6) is -1.79. The summed E-state index contributed by atoms with van der Waals surface area (Å²) in [4.78, 5) is 39.4. The third-order valence-corrected chi connectivity index (χ3v) is 7.56. The number of nitrogens with zero attached hydrogens (tertiary/aromatic N) is 1. The lowest BCUT2D eigenvalue weighted by molar-refractivity contribution is -0.120. The molecule has 0 unspecified atom stereocenters. The van der Waals surface area contributed by atoms with Crippen molar-refractivity contribution in [3.63, 3.8) is 0 Å². The van der Waals surface area contributed by atoms with Crippen LogP contribution >= 0.6 is 0 Å². The molecule has 2 aromatic rings. The SMILES string of the molecule is Cc1cc(NC(=O)c2c(C)c(C(=O)C(=O)NC3(C4CC4)CCC(O)CC3)n(C)c2C)ccc1F. The van der Waals surface area contributed by atoms with Crippen LogP contribution in [0.4, 0.5) is 10.1 Å². The van der Waals surface area contributed by atoms with E-state index >= 15 is 0 Å². The van der Waals surface area contributed by atoms with Crippen LogP contribution in [0.15, 0.2) is 18.2 Å². The van der Waals surface area contributed by atoms with Gasteiger partial charge in [0, 0.05) is 24.0 Å². The predicted octanol–water partition coefficient (Wildman–Crippen LogP) is 3.72. The Morgan fingerprint density at radius 2 is 1.74 bits per heavy atom. The molecular weight excluding hydrogens is 437 g/mol. The standard InChI is InChI=1S/C26H32FN3O4/c1-14-13-18(7-8-20(14)27)28-24(33)21-15(2)22(30(4)16(21)3)23(32)25(34)29-26(17-5-6-17)11-9-19(31)10-12-26/h7-8,13,17,19,31H,5-6,9-12H2,1-4H3,(H,28,33)(H,29,34). The molecule has 2 aliphatic rings. The molecule has 1 aromatic carbocycles. The fraction of sp³-hybridized carbons (Fsp3) is 0.500. The minimum Gasteiger partial charge on any atom is -0.393 e. The monoisotopic (exact) mass is 469 g/mol. The second-order valence-corrected chi connectivity index (χ2v) is 9.86. The summed E-state index contributed by atoms with van der Waals surface area (Å²) in [5.41, 5.74) is 1.89. The number of carbonyl (C=O) groups is 3. The molecule has 2 aliphatic carbocycles. The van der Waals surface area contributed by atoms with Crippen molar-refractivity contribution in [1.29, 1.82) is 0 Å². The van der Waals surface area contributed by atoms with Crippen molar-refractivity contribution < 1.29 is 23.9 Å². The average molecular weight is 470 g/mol. The zero-order valence-electron chi connectivity index (χ0n) is 20.1. The van der Waals surface area contributed by atoms with Crippen molar-refractivity contribution in [2.45, 2.75) is 70.9 Å². The van der Waals surface area contributed by atoms with Crippen molar-refractivity contribution in [2.24, 2.45) is 13.0 Å². The van der Waals surface area contributed by atoms with Gasteiger partial charge in [0.25, 0.3) is 17.6 Å². The number of nitrogens with one attached hydrogen (secondary N) is 2. The topological polar surface area (TPSA) is 100 Å². The Kier molecular flexibility index (Phi) is 6.38. The van der Waals surface area contributed by atoms with Crippen LogP contribution in [-0.2, 0) is 11.8 Å². The number of aromatic nitrogens is 1. The predicted molar refractivity (Wildman–Crippen MR) is 126 cm³/mol. The normalized spacial score (nSPS) is 22.4. The van der Waals surface area contributed by atoms with Crippen LogP contribution in [0.3, 0.4) is 0 Å². The van der Waals surface area contributed by atoms with Crippen LogP contribution in [0.1, 0.15) is 76.2 Å². The number of hydrogen-bond donors (Lipinski definition) is 3. The molecule has 0 radical (unpaired) electrons. The Balaban J connectivity index is 1.56. The number of ketones is 1. The van der Waals surface area contributed by atoms with Gasteiger partial charge in [-0.25, -0.2) is 4.39 Å². The average Bonchev–Trinajstić information content (AvgIpc) is 3.61. The Labute approximate surface area is 198 Å². The first-order chi connectivity index (χ1) is 16.0. The molecule has 2 amide bonds. The molecule has 3 N–H and O–H groups in total. The van der Waals surface area contributed by atoms with Crippen molar-refractivity contribution in [2.75, 3.05) is 5.32 Å². The maximum atomic E-state index is 13.6. The lowest BCUT2D eigenvalue weighted by Crippen LogP contribution is -2.55. The van der Waals surface area contributed by atoms with Crippen LogP contribution < -0.4 is 10.6 Å². The molecule has 7 nitrogen and oxygen atoms in total. The van der Waals surface area contributed by atoms with E-state index in [9.17, 15) is 23.9 Å².